The fourth-order valence-corrected chi connectivity index (χ4v) is 3.26. The van der Waals surface area contributed by atoms with E-state index in [1.165, 1.54) is 26.4 Å². The maximum absolute atomic E-state index is 12.7. The van der Waals surface area contributed by atoms with Crippen LogP contribution in [0.2, 0.25) is 0 Å². The van der Waals surface area contributed by atoms with Crippen molar-refractivity contribution in [3.05, 3.63) is 70.9 Å². The molecular weight excluding hydrogens is 416 g/mol. The molecule has 0 aliphatic carbocycles. The molecule has 0 unspecified atom stereocenters. The van der Waals surface area contributed by atoms with E-state index in [9.17, 15) is 14.4 Å². The first-order valence-electron chi connectivity index (χ1n) is 9.90. The van der Waals surface area contributed by atoms with E-state index in [0.29, 0.717) is 17.1 Å². The average Bonchev–Trinajstić information content (AvgIpc) is 2.82. The summed E-state index contributed by atoms with van der Waals surface area (Å²) in [7, 11) is 2.94. The van der Waals surface area contributed by atoms with Crippen molar-refractivity contribution in [3.63, 3.8) is 0 Å². The van der Waals surface area contributed by atoms with Gasteiger partial charge in [0.05, 0.1) is 43.7 Å². The monoisotopic (exact) mass is 440 g/mol. The molecule has 9 heteroatoms. The molecule has 0 spiro atoms. The third-order valence-corrected chi connectivity index (χ3v) is 4.75. The number of rotatable bonds is 8. The highest BCUT2D eigenvalue weighted by molar-refractivity contribution is 5.95. The third-order valence-electron chi connectivity index (χ3n) is 4.75. The van der Waals surface area contributed by atoms with Crippen molar-refractivity contribution in [1.29, 1.82) is 0 Å². The van der Waals surface area contributed by atoms with Gasteiger partial charge in [-0.2, -0.15) is 0 Å². The van der Waals surface area contributed by atoms with E-state index in [-0.39, 0.29) is 30.0 Å². The van der Waals surface area contributed by atoms with Gasteiger partial charge in [0.2, 0.25) is 0 Å². The van der Waals surface area contributed by atoms with Gasteiger partial charge in [-0.25, -0.2) is 14.4 Å². The predicted octanol–water partition coefficient (Wildman–Crippen LogP) is 2.73. The highest BCUT2D eigenvalue weighted by Gasteiger charge is 2.34. The Morgan fingerprint density at radius 3 is 2.31 bits per heavy atom. The van der Waals surface area contributed by atoms with Gasteiger partial charge in [0.1, 0.15) is 6.61 Å². The summed E-state index contributed by atoms with van der Waals surface area (Å²) in [6.07, 6.45) is 0. The Morgan fingerprint density at radius 2 is 1.66 bits per heavy atom. The number of carbonyl (C=O) groups is 3. The molecule has 9 nitrogen and oxygen atoms in total. The second-order valence-electron chi connectivity index (χ2n) is 6.70. The molecule has 0 saturated carbocycles. The zero-order chi connectivity index (χ0) is 23.1. The standard InChI is InChI=1S/C23H24N2O7/c1-4-31-22(27)19-16(24-23(28)25-20(19)14-8-6-5-7-9-14)13-32-21(26)15-10-11-17(29-2)18(12-15)30-3/h5-12,20H,4,13H2,1-3H3,(H2,24,25,28)/t20-/m0/s1. The number of nitrogens with one attached hydrogen (secondary N) is 2. The minimum absolute atomic E-state index is 0.148. The van der Waals surface area contributed by atoms with Crippen molar-refractivity contribution in [2.24, 2.45) is 0 Å². The second kappa shape index (κ2) is 10.3. The number of amides is 2. The lowest BCUT2D eigenvalue weighted by molar-refractivity contribution is -0.139. The Kier molecular flexibility index (Phi) is 7.33. The summed E-state index contributed by atoms with van der Waals surface area (Å²) in [5, 5.41) is 5.28. The molecule has 1 aliphatic heterocycles. The Bertz CT molecular complexity index is 1030. The molecule has 2 aromatic rings. The number of benzene rings is 2. The summed E-state index contributed by atoms with van der Waals surface area (Å²) in [6, 6.07) is 12.3. The lowest BCUT2D eigenvalue weighted by Crippen LogP contribution is -2.47. The molecule has 2 N–H and O–H groups in total. The van der Waals surface area contributed by atoms with Gasteiger partial charge in [0.25, 0.3) is 0 Å². The molecule has 0 bridgehead atoms. The van der Waals surface area contributed by atoms with Crippen molar-refractivity contribution in [1.82, 2.24) is 10.6 Å². The second-order valence-corrected chi connectivity index (χ2v) is 6.70. The van der Waals surface area contributed by atoms with Crippen LogP contribution in [0.3, 0.4) is 0 Å². The smallest absolute Gasteiger partial charge is 0.338 e. The van der Waals surface area contributed by atoms with E-state index < -0.39 is 24.0 Å². The first kappa shape index (κ1) is 22.7. The van der Waals surface area contributed by atoms with Crippen LogP contribution in [0.15, 0.2) is 59.8 Å². The number of hydrogen-bond acceptors (Lipinski definition) is 7. The van der Waals surface area contributed by atoms with E-state index in [1.54, 1.807) is 37.3 Å². The summed E-state index contributed by atoms with van der Waals surface area (Å²) in [6.45, 7) is 1.50. The number of esters is 2. The molecule has 2 aromatic carbocycles. The molecule has 168 valence electrons. The molecule has 1 aliphatic rings. The van der Waals surface area contributed by atoms with Gasteiger partial charge >= 0.3 is 18.0 Å². The lowest BCUT2D eigenvalue weighted by atomic mass is 9.95. The van der Waals surface area contributed by atoms with Crippen LogP contribution in [-0.2, 0) is 14.3 Å². The quantitative estimate of drug-likeness (QED) is 0.607. The van der Waals surface area contributed by atoms with Crippen LogP contribution in [-0.4, -0.2) is 45.4 Å². The van der Waals surface area contributed by atoms with Gasteiger partial charge in [-0.3, -0.25) is 0 Å². The van der Waals surface area contributed by atoms with E-state index in [1.807, 2.05) is 6.07 Å². The summed E-state index contributed by atoms with van der Waals surface area (Å²) in [5.41, 5.74) is 1.22. The van der Waals surface area contributed by atoms with E-state index in [0.717, 1.165) is 0 Å². The minimum Gasteiger partial charge on any atom is -0.493 e. The van der Waals surface area contributed by atoms with Crippen molar-refractivity contribution in [3.8, 4) is 11.5 Å². The topological polar surface area (TPSA) is 112 Å². The number of hydrogen-bond donors (Lipinski definition) is 2. The van der Waals surface area contributed by atoms with E-state index in [2.05, 4.69) is 10.6 Å². The van der Waals surface area contributed by atoms with E-state index >= 15 is 0 Å². The molecule has 32 heavy (non-hydrogen) atoms. The molecule has 1 atom stereocenters. The highest BCUT2D eigenvalue weighted by Crippen LogP contribution is 2.29. The average molecular weight is 440 g/mol. The van der Waals surface area contributed by atoms with Crippen LogP contribution in [0.5, 0.6) is 11.5 Å². The predicted molar refractivity (Wildman–Crippen MR) is 114 cm³/mol. The fourth-order valence-electron chi connectivity index (χ4n) is 3.26. The molecule has 2 amide bonds. The number of carbonyl (C=O) groups excluding carboxylic acids is 3. The molecule has 0 radical (unpaired) electrons. The van der Waals surface area contributed by atoms with Crippen molar-refractivity contribution < 1.29 is 33.3 Å². The Hall–Kier alpha value is -4.01. The first-order chi connectivity index (χ1) is 15.5. The van der Waals surface area contributed by atoms with Crippen LogP contribution in [0.25, 0.3) is 0 Å². The van der Waals surface area contributed by atoms with Gasteiger partial charge in [0.15, 0.2) is 11.5 Å². The minimum atomic E-state index is -0.751. The lowest BCUT2D eigenvalue weighted by Gasteiger charge is -2.29. The first-order valence-corrected chi connectivity index (χ1v) is 9.90. The molecule has 3 rings (SSSR count). The Balaban J connectivity index is 1.89. The largest absolute Gasteiger partial charge is 0.493 e. The molecule has 0 aromatic heterocycles. The van der Waals surface area contributed by atoms with Gasteiger partial charge in [-0.05, 0) is 30.7 Å². The van der Waals surface area contributed by atoms with Gasteiger partial charge in [-0.15, -0.1) is 0 Å². The Labute approximate surface area is 185 Å². The Morgan fingerprint density at radius 1 is 0.938 bits per heavy atom. The van der Waals surface area contributed by atoms with Crippen molar-refractivity contribution in [2.75, 3.05) is 27.4 Å². The van der Waals surface area contributed by atoms with E-state index in [4.69, 9.17) is 18.9 Å². The van der Waals surface area contributed by atoms with Gasteiger partial charge < -0.3 is 29.6 Å². The van der Waals surface area contributed by atoms with Crippen LogP contribution in [0.4, 0.5) is 4.79 Å². The zero-order valence-corrected chi connectivity index (χ0v) is 18.0. The fraction of sp³-hybridized carbons (Fsp3) is 0.261. The van der Waals surface area contributed by atoms with Crippen LogP contribution < -0.4 is 20.1 Å². The zero-order valence-electron chi connectivity index (χ0n) is 18.0. The number of urea groups is 1. The summed E-state index contributed by atoms with van der Waals surface area (Å²) >= 11 is 0. The SMILES string of the molecule is CCOC(=O)C1=C(COC(=O)c2ccc(OC)c(OC)c2)NC(=O)N[C@H]1c1ccccc1. The normalized spacial score (nSPS) is 15.3. The summed E-state index contributed by atoms with van der Waals surface area (Å²) < 4.78 is 20.9. The highest BCUT2D eigenvalue weighted by atomic mass is 16.5. The maximum atomic E-state index is 12.7. The van der Waals surface area contributed by atoms with Gasteiger partial charge in [0, 0.05) is 0 Å². The molecular formula is C23H24N2O7. The number of ether oxygens (including phenoxy) is 4. The molecule has 1 heterocycles. The maximum Gasteiger partial charge on any atom is 0.338 e. The van der Waals surface area contributed by atoms with Crippen LogP contribution in [0, 0.1) is 0 Å². The van der Waals surface area contributed by atoms with Gasteiger partial charge in [-0.1, -0.05) is 30.3 Å². The van der Waals surface area contributed by atoms with Crippen molar-refractivity contribution >= 4 is 18.0 Å². The molecule has 0 fully saturated rings. The van der Waals surface area contributed by atoms with Crippen LogP contribution in [0.1, 0.15) is 28.9 Å². The third kappa shape index (κ3) is 5.00. The summed E-state index contributed by atoms with van der Waals surface area (Å²) in [5.74, 6) is -0.447. The number of methoxy groups -OCH3 is 2. The molecule has 0 saturated heterocycles. The van der Waals surface area contributed by atoms with Crippen molar-refractivity contribution in [2.45, 2.75) is 13.0 Å². The summed E-state index contributed by atoms with van der Waals surface area (Å²) in [4.78, 5) is 37.6. The van der Waals surface area contributed by atoms with Crippen LogP contribution >= 0.6 is 0 Å².